The summed E-state index contributed by atoms with van der Waals surface area (Å²) < 4.78 is 10.3. The molecule has 24 heavy (non-hydrogen) atoms. The molecule has 0 rings (SSSR count). The van der Waals surface area contributed by atoms with Gasteiger partial charge in [-0.25, -0.2) is 0 Å². The van der Waals surface area contributed by atoms with Crippen LogP contribution in [0.2, 0.25) is 0 Å². The molecule has 0 heterocycles. The van der Waals surface area contributed by atoms with Gasteiger partial charge >= 0.3 is 103 Å². The van der Waals surface area contributed by atoms with Crippen molar-refractivity contribution in [1.29, 1.82) is 0 Å². The number of hydrogen-bond donors (Lipinski definition) is 3. The van der Waals surface area contributed by atoms with Gasteiger partial charge in [0.1, 0.15) is 0 Å². The van der Waals surface area contributed by atoms with E-state index in [2.05, 4.69) is 10.6 Å². The maximum atomic E-state index is 11.4. The first-order valence-corrected chi connectivity index (χ1v) is 12.6. The van der Waals surface area contributed by atoms with Gasteiger partial charge in [-0.05, 0) is 6.26 Å². The molecule has 0 radical (unpaired) electrons. The van der Waals surface area contributed by atoms with Gasteiger partial charge in [0.25, 0.3) is 0 Å². The first-order valence-electron chi connectivity index (χ1n) is 8.38. The van der Waals surface area contributed by atoms with Crippen LogP contribution in [-0.2, 0) is 14.1 Å². The van der Waals surface area contributed by atoms with E-state index in [0.29, 0.717) is 26.1 Å². The number of thioether (sulfide) groups is 1. The van der Waals surface area contributed by atoms with Crippen molar-refractivity contribution >= 4 is 31.5 Å². The number of carbonyl (C=O) groups is 2. The van der Waals surface area contributed by atoms with E-state index in [0.717, 1.165) is 31.4 Å². The fourth-order valence-corrected chi connectivity index (χ4v) is 2.79. The molecule has 0 atom stereocenters. The fraction of sp³-hybridized carbons (Fsp3) is 0.867. The van der Waals surface area contributed by atoms with E-state index < -0.39 is 13.8 Å². The van der Waals surface area contributed by atoms with Crippen LogP contribution < -0.4 is 10.6 Å². The number of carbonyl (C=O) groups excluding carboxylic acids is 2. The summed E-state index contributed by atoms with van der Waals surface area (Å²) in [5.74, 6) is 0.767. The van der Waals surface area contributed by atoms with Gasteiger partial charge in [0, 0.05) is 12.2 Å². The molecular weight excluding hydrogens is 351 g/mol. The number of hydrogen-bond acceptors (Lipinski definition) is 6. The van der Waals surface area contributed by atoms with Crippen LogP contribution in [0.25, 0.3) is 0 Å². The van der Waals surface area contributed by atoms with E-state index in [1.165, 1.54) is 0 Å². The molecule has 0 aliphatic carbocycles. The molecule has 2 amide bonds. The third-order valence-corrected chi connectivity index (χ3v) is 4.51. The van der Waals surface area contributed by atoms with E-state index in [1.807, 2.05) is 6.26 Å². The van der Waals surface area contributed by atoms with Gasteiger partial charge < -0.3 is 5.32 Å². The molecule has 0 unspecified atom stereocenters. The summed E-state index contributed by atoms with van der Waals surface area (Å²) in [5.41, 5.74) is 0. The monoisotopic (exact) mass is 384 g/mol. The van der Waals surface area contributed by atoms with E-state index in [4.69, 9.17) is 9.26 Å². The van der Waals surface area contributed by atoms with Crippen molar-refractivity contribution in [1.82, 2.24) is 10.6 Å². The summed E-state index contributed by atoms with van der Waals surface area (Å²) in [6.07, 6.45) is 5.76. The second-order valence-electron chi connectivity index (χ2n) is 5.86. The standard InChI is InChI=1S/C15H33N2O5PS/c1-23(2,20)22-11-7-5-4-6-9-17-15(19)21-12-10-16-14(18)8-13-24-3/h20,23H,4-13H2,1-3H3,(H,16,18)(H,17,19). The zero-order valence-electron chi connectivity index (χ0n) is 15.1. The van der Waals surface area contributed by atoms with E-state index in [-0.39, 0.29) is 12.5 Å². The summed E-state index contributed by atoms with van der Waals surface area (Å²) in [7, 11) is -2.38. The Morgan fingerprint density at radius 2 is 1.75 bits per heavy atom. The Balaban J connectivity index is 3.34. The predicted octanol–water partition coefficient (Wildman–Crippen LogP) is 1.99. The van der Waals surface area contributed by atoms with Crippen molar-refractivity contribution < 1.29 is 23.7 Å². The van der Waals surface area contributed by atoms with Gasteiger partial charge in [-0.2, -0.15) is 11.8 Å². The molecule has 9 heteroatoms. The summed E-state index contributed by atoms with van der Waals surface area (Å²) in [5, 5.41) is 5.37. The number of amides is 2. The Hall–Kier alpha value is -0.560. The Bertz CT molecular complexity index is 353. The molecule has 0 aromatic heterocycles. The van der Waals surface area contributed by atoms with Gasteiger partial charge in [-0.3, -0.25) is 4.79 Å². The summed E-state index contributed by atoms with van der Waals surface area (Å²) in [4.78, 5) is 32.2. The minimum atomic E-state index is -2.38. The molecule has 0 saturated carbocycles. The minimum absolute atomic E-state index is 0.0235. The molecular formula is C15H33N2O5PS. The summed E-state index contributed by atoms with van der Waals surface area (Å²) in [6.45, 7) is 5.17. The number of alkyl carbamates (subject to hydrolysis) is 1. The maximum absolute atomic E-state index is 11.4. The topological polar surface area (TPSA) is 96.9 Å². The molecule has 0 aliphatic rings. The molecule has 0 fully saturated rings. The molecule has 0 spiro atoms. The zero-order chi connectivity index (χ0) is 18.3. The van der Waals surface area contributed by atoms with Crippen molar-refractivity contribution in [2.75, 3.05) is 51.6 Å². The predicted molar refractivity (Wildman–Crippen MR) is 102 cm³/mol. The Kier molecular flexibility index (Phi) is 14.4. The van der Waals surface area contributed by atoms with E-state index in [1.54, 1.807) is 25.1 Å². The quantitative estimate of drug-likeness (QED) is 0.313. The van der Waals surface area contributed by atoms with Gasteiger partial charge in [-0.15, -0.1) is 0 Å². The molecule has 144 valence electrons. The average Bonchev–Trinajstić information content (AvgIpc) is 2.51. The van der Waals surface area contributed by atoms with Gasteiger partial charge in [-0.1, -0.05) is 0 Å². The zero-order valence-corrected chi connectivity index (χ0v) is 16.9. The van der Waals surface area contributed by atoms with Crippen molar-refractivity contribution in [2.24, 2.45) is 0 Å². The van der Waals surface area contributed by atoms with Crippen molar-refractivity contribution in [3.8, 4) is 0 Å². The number of rotatable bonds is 14. The SMILES string of the molecule is CSCCC(=O)NCCOC(=O)NCCCCCCO[PH](C)(C)O. The molecule has 0 aliphatic heterocycles. The second-order valence-corrected chi connectivity index (χ2v) is 10.0. The van der Waals surface area contributed by atoms with Crippen molar-refractivity contribution in [3.63, 3.8) is 0 Å². The van der Waals surface area contributed by atoms with Gasteiger partial charge in [0.2, 0.25) is 5.91 Å². The van der Waals surface area contributed by atoms with Crippen LogP contribution in [0.1, 0.15) is 32.1 Å². The van der Waals surface area contributed by atoms with Crippen molar-refractivity contribution in [2.45, 2.75) is 32.1 Å². The number of nitrogens with one attached hydrogen (secondary N) is 2. The molecule has 7 nitrogen and oxygen atoms in total. The molecule has 0 saturated heterocycles. The second kappa shape index (κ2) is 14.8. The first-order chi connectivity index (χ1) is 11.3. The molecule has 3 N–H and O–H groups in total. The summed E-state index contributed by atoms with van der Waals surface area (Å²) in [6, 6.07) is 0. The normalized spacial score (nSPS) is 11.8. The van der Waals surface area contributed by atoms with Crippen LogP contribution in [0.15, 0.2) is 0 Å². The average molecular weight is 384 g/mol. The van der Waals surface area contributed by atoms with Gasteiger partial charge in [0.05, 0.1) is 0 Å². The Labute approximate surface area is 150 Å². The third kappa shape index (κ3) is 17.8. The van der Waals surface area contributed by atoms with Crippen molar-refractivity contribution in [3.05, 3.63) is 0 Å². The number of unbranched alkanes of at least 4 members (excludes halogenated alkanes) is 3. The first kappa shape index (κ1) is 23.4. The fourth-order valence-electron chi connectivity index (χ4n) is 1.76. The Morgan fingerprint density at radius 3 is 2.42 bits per heavy atom. The van der Waals surface area contributed by atoms with E-state index >= 15 is 0 Å². The van der Waals surface area contributed by atoms with Crippen LogP contribution in [0.4, 0.5) is 4.79 Å². The van der Waals surface area contributed by atoms with Gasteiger partial charge in [0.15, 0.2) is 0 Å². The molecule has 0 bridgehead atoms. The molecule has 0 aromatic carbocycles. The van der Waals surface area contributed by atoms with Crippen LogP contribution in [0, 0.1) is 0 Å². The van der Waals surface area contributed by atoms with Crippen LogP contribution >= 0.6 is 19.5 Å². The molecule has 0 aromatic rings. The summed E-state index contributed by atoms with van der Waals surface area (Å²) >= 11 is 1.62. The van der Waals surface area contributed by atoms with E-state index in [9.17, 15) is 14.5 Å². The van der Waals surface area contributed by atoms with Crippen LogP contribution in [-0.4, -0.2) is 68.5 Å². The number of ether oxygens (including phenoxy) is 1. The van der Waals surface area contributed by atoms with Crippen LogP contribution in [0.5, 0.6) is 0 Å². The Morgan fingerprint density at radius 1 is 1.04 bits per heavy atom. The van der Waals surface area contributed by atoms with Crippen LogP contribution in [0.3, 0.4) is 0 Å². The third-order valence-electron chi connectivity index (χ3n) is 2.99.